The Balaban J connectivity index is 2.03. The van der Waals surface area contributed by atoms with Crippen LogP contribution in [-0.4, -0.2) is 22.3 Å². The van der Waals surface area contributed by atoms with Crippen molar-refractivity contribution in [1.29, 1.82) is 0 Å². The number of hydrogen-bond acceptors (Lipinski definition) is 4. The molecular weight excluding hydrogens is 257 g/mol. The molecule has 0 bridgehead atoms. The Labute approximate surface area is 118 Å². The quantitative estimate of drug-likeness (QED) is 0.933. The van der Waals surface area contributed by atoms with Gasteiger partial charge >= 0.3 is 0 Å². The Morgan fingerprint density at radius 3 is 2.65 bits per heavy atom. The van der Waals surface area contributed by atoms with E-state index in [2.05, 4.69) is 36.3 Å². The monoisotopic (exact) mass is 277 g/mol. The number of rotatable bonds is 4. The summed E-state index contributed by atoms with van der Waals surface area (Å²) in [5.41, 5.74) is 1.37. The van der Waals surface area contributed by atoms with Crippen LogP contribution in [0.2, 0.25) is 0 Å². The lowest BCUT2D eigenvalue weighted by atomic mass is 10.1. The summed E-state index contributed by atoms with van der Waals surface area (Å²) in [4.78, 5) is 0. The topological polar surface area (TPSA) is 51.0 Å². The molecule has 2 rings (SSSR count). The Morgan fingerprint density at radius 2 is 2.00 bits per heavy atom. The van der Waals surface area contributed by atoms with Gasteiger partial charge in [0.25, 0.3) is 0 Å². The zero-order valence-corrected chi connectivity index (χ0v) is 12.3. The van der Waals surface area contributed by atoms with E-state index in [1.165, 1.54) is 6.07 Å². The van der Waals surface area contributed by atoms with Gasteiger partial charge in [-0.05, 0) is 51.5 Å². The predicted octanol–water partition coefficient (Wildman–Crippen LogP) is 3.11. The van der Waals surface area contributed by atoms with Crippen LogP contribution in [0.4, 0.5) is 4.39 Å². The third-order valence-electron chi connectivity index (χ3n) is 2.87. The van der Waals surface area contributed by atoms with Crippen LogP contribution in [0.15, 0.2) is 22.6 Å². The lowest BCUT2D eigenvalue weighted by molar-refractivity contribution is 0.412. The zero-order chi connectivity index (χ0) is 14.8. The first-order valence-electron chi connectivity index (χ1n) is 6.69. The first kappa shape index (κ1) is 14.7. The molecule has 0 aliphatic carbocycles. The number of aromatic nitrogens is 2. The molecule has 1 N–H and O–H groups in total. The van der Waals surface area contributed by atoms with E-state index >= 15 is 0 Å². The summed E-state index contributed by atoms with van der Waals surface area (Å²) in [7, 11) is 0. The van der Waals surface area contributed by atoms with Crippen molar-refractivity contribution in [2.75, 3.05) is 6.54 Å². The molecule has 0 spiro atoms. The lowest BCUT2D eigenvalue weighted by Gasteiger charge is -2.19. The summed E-state index contributed by atoms with van der Waals surface area (Å²) in [5, 5.41) is 11.4. The van der Waals surface area contributed by atoms with Crippen molar-refractivity contribution in [3.8, 4) is 11.5 Å². The van der Waals surface area contributed by atoms with Gasteiger partial charge in [0.15, 0.2) is 0 Å². The van der Waals surface area contributed by atoms with E-state index in [9.17, 15) is 4.39 Å². The van der Waals surface area contributed by atoms with Crippen LogP contribution in [0, 0.1) is 12.7 Å². The van der Waals surface area contributed by atoms with Gasteiger partial charge in [0.05, 0.1) is 0 Å². The van der Waals surface area contributed by atoms with Crippen LogP contribution >= 0.6 is 0 Å². The van der Waals surface area contributed by atoms with E-state index in [-0.39, 0.29) is 11.4 Å². The minimum Gasteiger partial charge on any atom is -0.421 e. The molecule has 1 aromatic carbocycles. The largest absolute Gasteiger partial charge is 0.421 e. The van der Waals surface area contributed by atoms with Crippen LogP contribution in [-0.2, 0) is 6.42 Å². The predicted molar refractivity (Wildman–Crippen MR) is 75.9 cm³/mol. The van der Waals surface area contributed by atoms with Crippen LogP contribution in [0.25, 0.3) is 11.5 Å². The smallest absolute Gasteiger partial charge is 0.247 e. The van der Waals surface area contributed by atoms with Crippen LogP contribution in [0.5, 0.6) is 0 Å². The maximum Gasteiger partial charge on any atom is 0.247 e. The van der Waals surface area contributed by atoms with Gasteiger partial charge in [-0.2, -0.15) is 0 Å². The summed E-state index contributed by atoms with van der Waals surface area (Å²) < 4.78 is 18.8. The number of aryl methyl sites for hydroxylation is 1. The highest BCUT2D eigenvalue weighted by Gasteiger charge is 2.12. The van der Waals surface area contributed by atoms with E-state index in [1.807, 2.05) is 0 Å². The van der Waals surface area contributed by atoms with E-state index < -0.39 is 0 Å². The molecule has 0 saturated heterocycles. The fourth-order valence-electron chi connectivity index (χ4n) is 1.79. The summed E-state index contributed by atoms with van der Waals surface area (Å²) in [6.45, 7) is 8.80. The van der Waals surface area contributed by atoms with Crippen LogP contribution < -0.4 is 5.32 Å². The van der Waals surface area contributed by atoms with Crippen molar-refractivity contribution in [1.82, 2.24) is 15.5 Å². The molecule has 0 saturated carbocycles. The Morgan fingerprint density at radius 1 is 1.25 bits per heavy atom. The average Bonchev–Trinajstić information content (AvgIpc) is 2.80. The molecule has 20 heavy (non-hydrogen) atoms. The Hall–Kier alpha value is -1.75. The van der Waals surface area contributed by atoms with Gasteiger partial charge in [0, 0.05) is 24.1 Å². The second-order valence-corrected chi connectivity index (χ2v) is 5.89. The number of halogens is 1. The molecular formula is C15H20FN3O. The molecule has 0 aliphatic rings. The number of hydrogen-bond donors (Lipinski definition) is 1. The van der Waals surface area contributed by atoms with Crippen molar-refractivity contribution in [3.05, 3.63) is 35.5 Å². The molecule has 0 fully saturated rings. The van der Waals surface area contributed by atoms with Gasteiger partial charge in [0.2, 0.25) is 11.8 Å². The third-order valence-corrected chi connectivity index (χ3v) is 2.87. The molecule has 0 amide bonds. The summed E-state index contributed by atoms with van der Waals surface area (Å²) in [6.07, 6.45) is 0.671. The van der Waals surface area contributed by atoms with Crippen molar-refractivity contribution < 1.29 is 8.81 Å². The van der Waals surface area contributed by atoms with Crippen molar-refractivity contribution in [3.63, 3.8) is 0 Å². The molecule has 0 atom stereocenters. The van der Waals surface area contributed by atoms with E-state index in [4.69, 9.17) is 4.42 Å². The molecule has 5 heteroatoms. The molecule has 1 aromatic heterocycles. The van der Waals surface area contributed by atoms with Gasteiger partial charge in [-0.15, -0.1) is 10.2 Å². The van der Waals surface area contributed by atoms with Gasteiger partial charge in [-0.3, -0.25) is 0 Å². The van der Waals surface area contributed by atoms with Crippen molar-refractivity contribution >= 4 is 0 Å². The minimum absolute atomic E-state index is 0.0664. The first-order chi connectivity index (χ1) is 9.35. The van der Waals surface area contributed by atoms with Gasteiger partial charge in [-0.1, -0.05) is 0 Å². The van der Waals surface area contributed by atoms with Gasteiger partial charge < -0.3 is 9.73 Å². The van der Waals surface area contributed by atoms with Crippen LogP contribution in [0.1, 0.15) is 32.2 Å². The molecule has 1 heterocycles. The Bertz CT molecular complexity index is 587. The number of nitrogens with zero attached hydrogens (tertiary/aromatic N) is 2. The average molecular weight is 277 g/mol. The summed E-state index contributed by atoms with van der Waals surface area (Å²) in [5.74, 6) is 0.778. The first-order valence-corrected chi connectivity index (χ1v) is 6.69. The highest BCUT2D eigenvalue weighted by molar-refractivity contribution is 5.53. The summed E-state index contributed by atoms with van der Waals surface area (Å²) in [6, 6.07) is 4.77. The van der Waals surface area contributed by atoms with E-state index in [1.54, 1.807) is 19.1 Å². The standard InChI is InChI=1S/C15H20FN3O/c1-10-9-11(5-6-12(10)16)14-19-18-13(20-14)7-8-17-15(2,3)4/h5-6,9,17H,7-8H2,1-4H3. The maximum atomic E-state index is 13.2. The van der Waals surface area contributed by atoms with E-state index in [0.717, 1.165) is 12.1 Å². The SMILES string of the molecule is Cc1cc(-c2nnc(CCNC(C)(C)C)o2)ccc1F. The van der Waals surface area contributed by atoms with Gasteiger partial charge in [-0.25, -0.2) is 4.39 Å². The van der Waals surface area contributed by atoms with Crippen LogP contribution in [0.3, 0.4) is 0 Å². The second-order valence-electron chi connectivity index (χ2n) is 5.89. The van der Waals surface area contributed by atoms with Crippen molar-refractivity contribution in [2.45, 2.75) is 39.7 Å². The van der Waals surface area contributed by atoms with E-state index in [0.29, 0.717) is 23.8 Å². The minimum atomic E-state index is -0.233. The molecule has 0 radical (unpaired) electrons. The molecule has 0 unspecified atom stereocenters. The second kappa shape index (κ2) is 5.71. The van der Waals surface area contributed by atoms with Crippen molar-refractivity contribution in [2.24, 2.45) is 0 Å². The molecule has 108 valence electrons. The normalized spacial score (nSPS) is 11.8. The molecule has 4 nitrogen and oxygen atoms in total. The third kappa shape index (κ3) is 3.87. The summed E-state index contributed by atoms with van der Waals surface area (Å²) >= 11 is 0. The Kier molecular flexibility index (Phi) is 4.18. The molecule has 2 aromatic rings. The highest BCUT2D eigenvalue weighted by atomic mass is 19.1. The molecule has 0 aliphatic heterocycles. The zero-order valence-electron chi connectivity index (χ0n) is 12.3. The lowest BCUT2D eigenvalue weighted by Crippen LogP contribution is -2.37. The maximum absolute atomic E-state index is 13.2. The fourth-order valence-corrected chi connectivity index (χ4v) is 1.79. The fraction of sp³-hybridized carbons (Fsp3) is 0.467. The number of benzene rings is 1. The van der Waals surface area contributed by atoms with Gasteiger partial charge in [0.1, 0.15) is 5.82 Å². The number of nitrogens with one attached hydrogen (secondary N) is 1. The highest BCUT2D eigenvalue weighted by Crippen LogP contribution is 2.20.